The summed E-state index contributed by atoms with van der Waals surface area (Å²) in [6.07, 6.45) is 0.687. The third kappa shape index (κ3) is 6.13. The first-order chi connectivity index (χ1) is 15.8. The molecule has 10 heteroatoms. The van der Waals surface area contributed by atoms with E-state index in [4.69, 9.17) is 10.00 Å². The van der Waals surface area contributed by atoms with Gasteiger partial charge >= 0.3 is 0 Å². The van der Waals surface area contributed by atoms with Crippen LogP contribution in [0.2, 0.25) is 0 Å². The Bertz CT molecular complexity index is 1110. The SMILES string of the molecule is N#Cc1ccc(S(=O)(=O)NCCN2CC3CN(CCc4ccc(F)c(F)c4)CC(C2)O3)cc1. The molecule has 0 saturated carbocycles. The van der Waals surface area contributed by atoms with Crippen molar-refractivity contribution in [2.24, 2.45) is 0 Å². The second kappa shape index (κ2) is 10.2. The Kier molecular flexibility index (Phi) is 7.36. The van der Waals surface area contributed by atoms with E-state index in [-0.39, 0.29) is 23.6 Å². The number of benzene rings is 2. The summed E-state index contributed by atoms with van der Waals surface area (Å²) in [6.45, 7) is 4.49. The second-order valence-electron chi connectivity index (χ2n) is 8.43. The van der Waals surface area contributed by atoms with E-state index >= 15 is 0 Å². The molecule has 176 valence electrons. The summed E-state index contributed by atoms with van der Waals surface area (Å²) >= 11 is 0. The minimum atomic E-state index is -3.63. The van der Waals surface area contributed by atoms with Crippen LogP contribution in [0.25, 0.3) is 0 Å². The molecule has 2 saturated heterocycles. The first-order valence-electron chi connectivity index (χ1n) is 10.9. The molecule has 33 heavy (non-hydrogen) atoms. The van der Waals surface area contributed by atoms with Gasteiger partial charge in [-0.1, -0.05) is 6.07 Å². The molecule has 2 fully saturated rings. The van der Waals surface area contributed by atoms with Crippen LogP contribution < -0.4 is 4.72 Å². The van der Waals surface area contributed by atoms with Crippen molar-refractivity contribution in [2.75, 3.05) is 45.8 Å². The average Bonchev–Trinajstić information content (AvgIpc) is 2.79. The van der Waals surface area contributed by atoms with Gasteiger partial charge in [0.05, 0.1) is 28.7 Å². The fourth-order valence-corrected chi connectivity index (χ4v) is 5.36. The minimum Gasteiger partial charge on any atom is -0.370 e. The van der Waals surface area contributed by atoms with Crippen LogP contribution in [-0.2, 0) is 21.2 Å². The summed E-state index contributed by atoms with van der Waals surface area (Å²) in [6, 6.07) is 11.8. The fraction of sp³-hybridized carbons (Fsp3) is 0.435. The van der Waals surface area contributed by atoms with Crippen LogP contribution in [0.5, 0.6) is 0 Å². The van der Waals surface area contributed by atoms with Gasteiger partial charge in [-0.25, -0.2) is 21.9 Å². The van der Waals surface area contributed by atoms with Crippen molar-refractivity contribution in [1.29, 1.82) is 5.26 Å². The van der Waals surface area contributed by atoms with Gasteiger partial charge in [-0.2, -0.15) is 5.26 Å². The van der Waals surface area contributed by atoms with Crippen LogP contribution in [0.15, 0.2) is 47.4 Å². The topological polar surface area (TPSA) is 85.7 Å². The van der Waals surface area contributed by atoms with Crippen LogP contribution in [0.4, 0.5) is 8.78 Å². The first-order valence-corrected chi connectivity index (χ1v) is 12.3. The number of rotatable bonds is 8. The number of sulfonamides is 1. The van der Waals surface area contributed by atoms with Crippen molar-refractivity contribution in [2.45, 2.75) is 23.5 Å². The van der Waals surface area contributed by atoms with Crippen LogP contribution in [-0.4, -0.2) is 76.2 Å². The Morgan fingerprint density at radius 1 is 0.970 bits per heavy atom. The van der Waals surface area contributed by atoms with Gasteiger partial charge in [-0.05, 0) is 48.4 Å². The molecule has 2 aliphatic heterocycles. The number of ether oxygens (including phenoxy) is 1. The summed E-state index contributed by atoms with van der Waals surface area (Å²) in [5, 5.41) is 8.84. The number of nitriles is 1. The Morgan fingerprint density at radius 2 is 1.61 bits per heavy atom. The van der Waals surface area contributed by atoms with E-state index in [0.717, 1.165) is 31.3 Å². The third-order valence-electron chi connectivity index (χ3n) is 5.95. The normalized spacial score (nSPS) is 21.6. The fourth-order valence-electron chi connectivity index (χ4n) is 4.34. The van der Waals surface area contributed by atoms with E-state index in [2.05, 4.69) is 14.5 Å². The second-order valence-corrected chi connectivity index (χ2v) is 10.2. The van der Waals surface area contributed by atoms with E-state index in [1.54, 1.807) is 6.07 Å². The van der Waals surface area contributed by atoms with E-state index < -0.39 is 21.7 Å². The molecule has 1 N–H and O–H groups in total. The van der Waals surface area contributed by atoms with Crippen molar-refractivity contribution >= 4 is 10.0 Å². The predicted molar refractivity (Wildman–Crippen MR) is 118 cm³/mol. The highest BCUT2D eigenvalue weighted by atomic mass is 32.2. The van der Waals surface area contributed by atoms with Crippen molar-refractivity contribution in [1.82, 2.24) is 14.5 Å². The highest BCUT2D eigenvalue weighted by molar-refractivity contribution is 7.89. The molecule has 2 aromatic rings. The van der Waals surface area contributed by atoms with Gasteiger partial charge in [-0.3, -0.25) is 9.80 Å². The number of morpholine rings is 2. The molecule has 0 spiro atoms. The summed E-state index contributed by atoms with van der Waals surface area (Å²) in [5.74, 6) is -1.66. The molecule has 2 heterocycles. The van der Waals surface area contributed by atoms with Crippen LogP contribution in [0, 0.1) is 23.0 Å². The summed E-state index contributed by atoms with van der Waals surface area (Å²) in [7, 11) is -3.63. The lowest BCUT2D eigenvalue weighted by atomic mass is 10.1. The molecule has 0 radical (unpaired) electrons. The highest BCUT2D eigenvalue weighted by Crippen LogP contribution is 2.20. The number of fused-ring (bicyclic) bond motifs is 2. The van der Waals surface area contributed by atoms with E-state index in [1.165, 1.54) is 30.3 Å². The summed E-state index contributed by atoms with van der Waals surface area (Å²) < 4.78 is 60.1. The Balaban J connectivity index is 1.23. The summed E-state index contributed by atoms with van der Waals surface area (Å²) in [4.78, 5) is 4.62. The van der Waals surface area contributed by atoms with E-state index in [1.807, 2.05) is 6.07 Å². The van der Waals surface area contributed by atoms with Gasteiger partial charge in [0.2, 0.25) is 10.0 Å². The van der Waals surface area contributed by atoms with Crippen LogP contribution in [0.1, 0.15) is 11.1 Å². The maximum absolute atomic E-state index is 13.4. The molecule has 0 aromatic heterocycles. The monoisotopic (exact) mass is 476 g/mol. The van der Waals surface area contributed by atoms with Gasteiger partial charge in [0.1, 0.15) is 0 Å². The van der Waals surface area contributed by atoms with Gasteiger partial charge in [0.25, 0.3) is 0 Å². The molecule has 7 nitrogen and oxygen atoms in total. The molecule has 0 amide bonds. The van der Waals surface area contributed by atoms with Gasteiger partial charge in [0.15, 0.2) is 11.6 Å². The zero-order chi connectivity index (χ0) is 23.4. The number of hydrogen-bond donors (Lipinski definition) is 1. The molecule has 4 rings (SSSR count). The van der Waals surface area contributed by atoms with E-state index in [9.17, 15) is 17.2 Å². The maximum Gasteiger partial charge on any atom is 0.240 e. The van der Waals surface area contributed by atoms with Crippen molar-refractivity contribution in [3.8, 4) is 6.07 Å². The van der Waals surface area contributed by atoms with Crippen molar-refractivity contribution in [3.05, 3.63) is 65.2 Å². The summed E-state index contributed by atoms with van der Waals surface area (Å²) in [5.41, 5.74) is 1.18. The minimum absolute atomic E-state index is 0.0255. The predicted octanol–water partition coefficient (Wildman–Crippen LogP) is 1.74. The molecule has 2 aliphatic rings. The van der Waals surface area contributed by atoms with Crippen LogP contribution >= 0.6 is 0 Å². The zero-order valence-corrected chi connectivity index (χ0v) is 18.9. The van der Waals surface area contributed by atoms with Gasteiger partial charge in [-0.15, -0.1) is 0 Å². The lowest BCUT2D eigenvalue weighted by Crippen LogP contribution is -2.60. The molecule has 2 aromatic carbocycles. The number of hydrogen-bond acceptors (Lipinski definition) is 6. The van der Waals surface area contributed by atoms with Crippen molar-refractivity contribution in [3.63, 3.8) is 0 Å². The number of halogens is 2. The quantitative estimate of drug-likeness (QED) is 0.625. The largest absolute Gasteiger partial charge is 0.370 e. The molecule has 0 aliphatic carbocycles. The lowest BCUT2D eigenvalue weighted by Gasteiger charge is -2.46. The Hall–Kier alpha value is -2.42. The lowest BCUT2D eigenvalue weighted by molar-refractivity contribution is -0.137. The molecular formula is C23H26F2N4O3S. The average molecular weight is 477 g/mol. The first kappa shape index (κ1) is 23.7. The highest BCUT2D eigenvalue weighted by Gasteiger charge is 2.34. The Labute approximate surface area is 192 Å². The number of nitrogens with zero attached hydrogens (tertiary/aromatic N) is 3. The maximum atomic E-state index is 13.4. The molecular weight excluding hydrogens is 450 g/mol. The molecule has 2 bridgehead atoms. The number of nitrogens with one attached hydrogen (secondary N) is 1. The van der Waals surface area contributed by atoms with Gasteiger partial charge < -0.3 is 4.74 Å². The molecule has 2 atom stereocenters. The zero-order valence-electron chi connectivity index (χ0n) is 18.1. The third-order valence-corrected chi connectivity index (χ3v) is 7.42. The van der Waals surface area contributed by atoms with E-state index in [0.29, 0.717) is 31.6 Å². The Morgan fingerprint density at radius 3 is 2.21 bits per heavy atom. The standard InChI is InChI=1S/C23H26F2N4O3S/c24-22-6-3-17(11-23(22)25)7-9-28-13-19-15-29(16-20(14-28)32-19)10-8-27-33(30,31)21-4-1-18(12-26)2-5-21/h1-6,11,19-20,27H,7-10,13-16H2. The van der Waals surface area contributed by atoms with Crippen molar-refractivity contribution < 1.29 is 21.9 Å². The smallest absolute Gasteiger partial charge is 0.240 e. The molecule has 2 unspecified atom stereocenters. The van der Waals surface area contributed by atoms with Crippen LogP contribution in [0.3, 0.4) is 0 Å². The van der Waals surface area contributed by atoms with Gasteiger partial charge in [0, 0.05) is 45.8 Å².